The lowest BCUT2D eigenvalue weighted by atomic mass is 10.1. The Morgan fingerprint density at radius 1 is 1.35 bits per heavy atom. The quantitative estimate of drug-likeness (QED) is 0.930. The maximum atomic E-state index is 12.2. The third kappa shape index (κ3) is 2.86. The number of hydrogen-bond donors (Lipinski definition) is 1. The molecule has 102 valence electrons. The van der Waals surface area contributed by atoms with E-state index in [0.717, 1.165) is 5.69 Å². The lowest BCUT2D eigenvalue weighted by Crippen LogP contribution is -2.16. The van der Waals surface area contributed by atoms with Crippen molar-refractivity contribution in [2.45, 2.75) is 26.8 Å². The molecule has 2 rings (SSSR count). The standard InChI is InChI=1S/C15H16N4O/c1-10(2)19-14(8-11(3)18-19)17-15(20)13-6-4-12(9-16)5-7-13/h4-8,10H,1-3H3,(H,17,20). The number of nitriles is 1. The molecule has 0 fully saturated rings. The zero-order chi connectivity index (χ0) is 14.7. The van der Waals surface area contributed by atoms with Gasteiger partial charge in [-0.25, -0.2) is 4.68 Å². The molecule has 1 aromatic heterocycles. The third-order valence-corrected chi connectivity index (χ3v) is 2.86. The molecule has 5 nitrogen and oxygen atoms in total. The fourth-order valence-electron chi connectivity index (χ4n) is 1.89. The molecular weight excluding hydrogens is 252 g/mol. The van der Waals surface area contributed by atoms with Crippen molar-refractivity contribution in [3.63, 3.8) is 0 Å². The second-order valence-electron chi connectivity index (χ2n) is 4.85. The molecule has 0 aliphatic carbocycles. The minimum atomic E-state index is -0.212. The van der Waals surface area contributed by atoms with Gasteiger partial charge < -0.3 is 5.32 Å². The number of amides is 1. The summed E-state index contributed by atoms with van der Waals surface area (Å²) < 4.78 is 1.77. The van der Waals surface area contributed by atoms with E-state index >= 15 is 0 Å². The smallest absolute Gasteiger partial charge is 0.256 e. The second-order valence-corrected chi connectivity index (χ2v) is 4.85. The average Bonchev–Trinajstić information content (AvgIpc) is 2.80. The summed E-state index contributed by atoms with van der Waals surface area (Å²) in [4.78, 5) is 12.2. The highest BCUT2D eigenvalue weighted by Gasteiger charge is 2.12. The molecule has 0 bridgehead atoms. The highest BCUT2D eigenvalue weighted by atomic mass is 16.1. The summed E-state index contributed by atoms with van der Waals surface area (Å²) >= 11 is 0. The molecule has 0 aliphatic rings. The highest BCUT2D eigenvalue weighted by molar-refractivity contribution is 6.03. The van der Waals surface area contributed by atoms with Crippen molar-refractivity contribution < 1.29 is 4.79 Å². The van der Waals surface area contributed by atoms with Crippen LogP contribution in [0.25, 0.3) is 0 Å². The average molecular weight is 268 g/mol. The first-order chi connectivity index (χ1) is 9.51. The first-order valence-electron chi connectivity index (χ1n) is 6.39. The number of anilines is 1. The summed E-state index contributed by atoms with van der Waals surface area (Å²) in [6.07, 6.45) is 0. The van der Waals surface area contributed by atoms with Gasteiger partial charge in [0.2, 0.25) is 0 Å². The van der Waals surface area contributed by atoms with Crippen molar-refractivity contribution in [2.24, 2.45) is 0 Å². The fourth-order valence-corrected chi connectivity index (χ4v) is 1.89. The molecule has 0 aliphatic heterocycles. The van der Waals surface area contributed by atoms with Crippen LogP contribution in [0.3, 0.4) is 0 Å². The third-order valence-electron chi connectivity index (χ3n) is 2.86. The Balaban J connectivity index is 2.21. The van der Waals surface area contributed by atoms with Gasteiger partial charge in [-0.1, -0.05) is 0 Å². The van der Waals surface area contributed by atoms with E-state index in [0.29, 0.717) is 16.9 Å². The van der Waals surface area contributed by atoms with Crippen molar-refractivity contribution in [3.8, 4) is 6.07 Å². The number of benzene rings is 1. The van der Waals surface area contributed by atoms with Gasteiger partial charge in [0.15, 0.2) is 0 Å². The number of carbonyl (C=O) groups excluding carboxylic acids is 1. The number of nitrogens with zero attached hydrogens (tertiary/aromatic N) is 3. The van der Waals surface area contributed by atoms with Crippen LogP contribution in [0.2, 0.25) is 0 Å². The molecule has 0 radical (unpaired) electrons. The van der Waals surface area contributed by atoms with E-state index < -0.39 is 0 Å². The molecule has 1 aromatic carbocycles. The summed E-state index contributed by atoms with van der Waals surface area (Å²) in [5.41, 5.74) is 1.90. The summed E-state index contributed by atoms with van der Waals surface area (Å²) in [5.74, 6) is 0.461. The van der Waals surface area contributed by atoms with Crippen LogP contribution >= 0.6 is 0 Å². The monoisotopic (exact) mass is 268 g/mol. The fraction of sp³-hybridized carbons (Fsp3) is 0.267. The molecule has 1 heterocycles. The summed E-state index contributed by atoms with van der Waals surface area (Å²) in [5, 5.41) is 15.9. The maximum absolute atomic E-state index is 12.2. The summed E-state index contributed by atoms with van der Waals surface area (Å²) in [6.45, 7) is 5.89. The van der Waals surface area contributed by atoms with E-state index in [2.05, 4.69) is 10.4 Å². The molecule has 0 spiro atoms. The van der Waals surface area contributed by atoms with Crippen LogP contribution in [0.4, 0.5) is 5.82 Å². The maximum Gasteiger partial charge on any atom is 0.256 e. The van der Waals surface area contributed by atoms with Crippen LogP contribution in [0.15, 0.2) is 30.3 Å². The van der Waals surface area contributed by atoms with Crippen LogP contribution in [-0.4, -0.2) is 15.7 Å². The van der Waals surface area contributed by atoms with Gasteiger partial charge in [0.25, 0.3) is 5.91 Å². The van der Waals surface area contributed by atoms with Gasteiger partial charge >= 0.3 is 0 Å². The first kappa shape index (κ1) is 13.8. The van der Waals surface area contributed by atoms with Crippen molar-refractivity contribution in [3.05, 3.63) is 47.2 Å². The van der Waals surface area contributed by atoms with Crippen LogP contribution in [-0.2, 0) is 0 Å². The van der Waals surface area contributed by atoms with Gasteiger partial charge in [0, 0.05) is 17.7 Å². The van der Waals surface area contributed by atoms with Crippen LogP contribution < -0.4 is 5.32 Å². The number of aromatic nitrogens is 2. The van der Waals surface area contributed by atoms with Gasteiger partial charge in [0.05, 0.1) is 17.3 Å². The number of hydrogen-bond acceptors (Lipinski definition) is 3. The minimum absolute atomic E-state index is 0.167. The molecule has 1 N–H and O–H groups in total. The molecule has 0 atom stereocenters. The molecule has 0 unspecified atom stereocenters. The highest BCUT2D eigenvalue weighted by Crippen LogP contribution is 2.17. The van der Waals surface area contributed by atoms with Gasteiger partial charge in [-0.2, -0.15) is 10.4 Å². The van der Waals surface area contributed by atoms with E-state index in [1.54, 1.807) is 28.9 Å². The Bertz CT molecular complexity index is 662. The Morgan fingerprint density at radius 2 is 2.00 bits per heavy atom. The van der Waals surface area contributed by atoms with Gasteiger partial charge in [-0.3, -0.25) is 4.79 Å². The predicted octanol–water partition coefficient (Wildman–Crippen LogP) is 2.90. The lowest BCUT2D eigenvalue weighted by molar-refractivity contribution is 0.102. The number of carbonyl (C=O) groups is 1. The zero-order valence-corrected chi connectivity index (χ0v) is 11.7. The molecule has 1 amide bonds. The van der Waals surface area contributed by atoms with Crippen molar-refractivity contribution in [1.82, 2.24) is 9.78 Å². The van der Waals surface area contributed by atoms with Crippen LogP contribution in [0.5, 0.6) is 0 Å². The largest absolute Gasteiger partial charge is 0.307 e. The molecule has 0 saturated carbocycles. The number of aryl methyl sites for hydroxylation is 1. The zero-order valence-electron chi connectivity index (χ0n) is 11.7. The van der Waals surface area contributed by atoms with Crippen LogP contribution in [0.1, 0.15) is 41.5 Å². The van der Waals surface area contributed by atoms with Crippen molar-refractivity contribution >= 4 is 11.7 Å². The van der Waals surface area contributed by atoms with E-state index in [9.17, 15) is 4.79 Å². The van der Waals surface area contributed by atoms with Gasteiger partial charge in [-0.05, 0) is 45.0 Å². The Labute approximate surface area is 117 Å². The van der Waals surface area contributed by atoms with Crippen LogP contribution in [0, 0.1) is 18.3 Å². The SMILES string of the molecule is Cc1cc(NC(=O)c2ccc(C#N)cc2)n(C(C)C)n1. The summed E-state index contributed by atoms with van der Waals surface area (Å²) in [7, 11) is 0. The topological polar surface area (TPSA) is 70.7 Å². The molecule has 0 saturated heterocycles. The summed E-state index contributed by atoms with van der Waals surface area (Å²) in [6, 6.07) is 10.5. The van der Waals surface area contributed by atoms with Gasteiger partial charge in [-0.15, -0.1) is 0 Å². The van der Waals surface area contributed by atoms with Crippen molar-refractivity contribution in [2.75, 3.05) is 5.32 Å². The Kier molecular flexibility index (Phi) is 3.85. The first-order valence-corrected chi connectivity index (χ1v) is 6.39. The van der Waals surface area contributed by atoms with Gasteiger partial charge in [0.1, 0.15) is 5.82 Å². The van der Waals surface area contributed by atoms with E-state index in [1.165, 1.54) is 0 Å². The number of nitrogens with one attached hydrogen (secondary N) is 1. The molecule has 20 heavy (non-hydrogen) atoms. The normalized spacial score (nSPS) is 10.3. The molecule has 2 aromatic rings. The minimum Gasteiger partial charge on any atom is -0.307 e. The van der Waals surface area contributed by atoms with E-state index in [1.807, 2.05) is 32.9 Å². The Morgan fingerprint density at radius 3 is 2.55 bits per heavy atom. The van der Waals surface area contributed by atoms with Crippen molar-refractivity contribution in [1.29, 1.82) is 5.26 Å². The molecular formula is C15H16N4O. The van der Waals surface area contributed by atoms with E-state index in [4.69, 9.17) is 5.26 Å². The predicted molar refractivity (Wildman–Crippen MR) is 76.5 cm³/mol. The lowest BCUT2D eigenvalue weighted by Gasteiger charge is -2.11. The molecule has 5 heteroatoms. The van der Waals surface area contributed by atoms with E-state index in [-0.39, 0.29) is 11.9 Å². The second kappa shape index (κ2) is 5.57. The Hall–Kier alpha value is -2.61. The number of rotatable bonds is 3.